The molecular formula is C27H29NO6. The molecule has 0 aromatic heterocycles. The third kappa shape index (κ3) is 3.10. The number of fused-ring (bicyclic) bond motifs is 4. The number of methoxy groups -OCH3 is 1. The van der Waals surface area contributed by atoms with Crippen LogP contribution in [0.3, 0.4) is 0 Å². The van der Waals surface area contributed by atoms with Gasteiger partial charge in [0.15, 0.2) is 5.76 Å². The molecule has 1 aromatic rings. The number of ketones is 1. The Morgan fingerprint density at radius 3 is 2.68 bits per heavy atom. The van der Waals surface area contributed by atoms with Crippen molar-refractivity contribution in [3.05, 3.63) is 71.0 Å². The van der Waals surface area contributed by atoms with E-state index in [1.54, 1.807) is 0 Å². The van der Waals surface area contributed by atoms with Gasteiger partial charge in [-0.2, -0.15) is 0 Å². The van der Waals surface area contributed by atoms with Crippen LogP contribution in [0.25, 0.3) is 0 Å². The lowest BCUT2D eigenvalue weighted by atomic mass is 9.54. The summed E-state index contributed by atoms with van der Waals surface area (Å²) in [5.41, 5.74) is 0.641. The van der Waals surface area contributed by atoms with Crippen molar-refractivity contribution in [2.75, 3.05) is 19.0 Å². The first-order chi connectivity index (χ1) is 16.2. The Kier molecular flexibility index (Phi) is 5.45. The number of esters is 1. The van der Waals surface area contributed by atoms with Gasteiger partial charge in [0.2, 0.25) is 5.78 Å². The number of hydrogen-bond acceptors (Lipinski definition) is 7. The van der Waals surface area contributed by atoms with E-state index in [0.29, 0.717) is 30.4 Å². The summed E-state index contributed by atoms with van der Waals surface area (Å²) in [6.07, 6.45) is 5.31. The van der Waals surface area contributed by atoms with Crippen LogP contribution < -0.4 is 5.32 Å². The third-order valence-corrected chi connectivity index (χ3v) is 8.14. The largest absolute Gasteiger partial charge is 0.504 e. The molecule has 1 saturated carbocycles. The van der Waals surface area contributed by atoms with Crippen LogP contribution in [0, 0.1) is 23.2 Å². The molecule has 7 nitrogen and oxygen atoms in total. The Labute approximate surface area is 199 Å². The lowest BCUT2D eigenvalue weighted by Crippen LogP contribution is -2.53. The maximum absolute atomic E-state index is 13.6. The van der Waals surface area contributed by atoms with Crippen molar-refractivity contribution in [1.82, 2.24) is 0 Å². The fourth-order valence-corrected chi connectivity index (χ4v) is 6.14. The molecule has 1 aromatic carbocycles. The third-order valence-electron chi connectivity index (χ3n) is 8.14. The summed E-state index contributed by atoms with van der Waals surface area (Å²) in [6.45, 7) is 3.93. The molecule has 3 N–H and O–H groups in total. The lowest BCUT2D eigenvalue weighted by molar-refractivity contribution is -0.156. The fourth-order valence-electron chi connectivity index (χ4n) is 6.14. The van der Waals surface area contributed by atoms with E-state index in [1.165, 1.54) is 13.3 Å². The van der Waals surface area contributed by atoms with Crippen molar-refractivity contribution in [2.24, 2.45) is 16.7 Å². The van der Waals surface area contributed by atoms with Crippen molar-refractivity contribution in [3.8, 4) is 0 Å². The predicted molar refractivity (Wildman–Crippen MR) is 124 cm³/mol. The number of para-hydroxylation sites is 1. The minimum absolute atomic E-state index is 0.0929. The monoisotopic (exact) mass is 463 g/mol. The summed E-state index contributed by atoms with van der Waals surface area (Å²) < 4.78 is 11.2. The second kappa shape index (κ2) is 8.10. The van der Waals surface area contributed by atoms with Crippen LogP contribution in [0.1, 0.15) is 33.1 Å². The molecule has 0 amide bonds. The topological polar surface area (TPSA) is 105 Å². The number of Topliss-reactive ketones (excluding diaryl/α,β-unsaturated/α-hetero) is 1. The Hall–Kier alpha value is -2.90. The highest BCUT2D eigenvalue weighted by atomic mass is 16.6. The quantitative estimate of drug-likeness (QED) is 0.464. The molecule has 0 unspecified atom stereocenters. The molecule has 3 aliphatic carbocycles. The summed E-state index contributed by atoms with van der Waals surface area (Å²) in [7, 11) is 1.52. The molecule has 1 saturated heterocycles. The number of rotatable bonds is 4. The molecular weight excluding hydrogens is 434 g/mol. The number of aliphatic hydroxyl groups is 2. The SMILES string of the molecule is COC[C@H]1OC(=O)/C(=C/Nc2ccccc2)C2=C(O)C(=O)C3=C([C]C[C@]4(C)[C@@H](O)CC[C@@H]34)[C@]21C. The van der Waals surface area contributed by atoms with E-state index >= 15 is 0 Å². The molecule has 7 heteroatoms. The number of nitrogens with one attached hydrogen (secondary N) is 1. The number of hydrogen-bond donors (Lipinski definition) is 3. The highest BCUT2D eigenvalue weighted by Crippen LogP contribution is 2.62. The maximum atomic E-state index is 13.6. The van der Waals surface area contributed by atoms with Crippen LogP contribution in [-0.2, 0) is 19.1 Å². The van der Waals surface area contributed by atoms with Gasteiger partial charge in [-0.25, -0.2) is 4.79 Å². The summed E-state index contributed by atoms with van der Waals surface area (Å²) in [6, 6.07) is 9.28. The summed E-state index contributed by atoms with van der Waals surface area (Å²) in [5, 5.41) is 25.0. The molecule has 1 heterocycles. The van der Waals surface area contributed by atoms with E-state index in [1.807, 2.05) is 44.2 Å². The minimum atomic E-state index is -1.03. The summed E-state index contributed by atoms with van der Waals surface area (Å²) in [5.74, 6) is -1.80. The van der Waals surface area contributed by atoms with Gasteiger partial charge >= 0.3 is 5.97 Å². The molecule has 0 spiro atoms. The number of allylic oxidation sites excluding steroid dienone is 1. The van der Waals surface area contributed by atoms with Gasteiger partial charge in [-0.05, 0) is 49.8 Å². The zero-order chi connectivity index (χ0) is 24.3. The van der Waals surface area contributed by atoms with Crippen LogP contribution in [0.2, 0.25) is 0 Å². The van der Waals surface area contributed by atoms with E-state index in [4.69, 9.17) is 9.47 Å². The standard InChI is InChI=1S/C27H29NO6/c1-26-12-11-18-21(17(26)9-10-19(26)29)23(30)24(31)22-16(13-28-15-7-5-4-6-8-15)25(32)34-20(14-33-3)27(18,22)2/h4-8,13,17,19-20,28-29,31H,9-10,12,14H2,1-3H3/b16-13+/t17-,19-,20+,26-,27-/m0/s1. The number of benzene rings is 1. The average Bonchev–Trinajstić information content (AvgIpc) is 3.13. The van der Waals surface area contributed by atoms with Crippen molar-refractivity contribution in [2.45, 2.75) is 45.3 Å². The van der Waals surface area contributed by atoms with E-state index in [9.17, 15) is 19.8 Å². The predicted octanol–water partition coefficient (Wildman–Crippen LogP) is 3.51. The molecule has 2 radical (unpaired) electrons. The van der Waals surface area contributed by atoms with Crippen LogP contribution >= 0.6 is 0 Å². The van der Waals surface area contributed by atoms with Gasteiger partial charge in [0.1, 0.15) is 6.10 Å². The maximum Gasteiger partial charge on any atom is 0.340 e. The zero-order valence-corrected chi connectivity index (χ0v) is 19.6. The number of carbonyl (C=O) groups is 2. The Balaban J connectivity index is 1.66. The van der Waals surface area contributed by atoms with Gasteiger partial charge in [0, 0.05) is 42.0 Å². The van der Waals surface area contributed by atoms with Crippen LogP contribution in [0.4, 0.5) is 5.69 Å². The smallest absolute Gasteiger partial charge is 0.340 e. The Bertz CT molecular complexity index is 1140. The number of anilines is 1. The van der Waals surface area contributed by atoms with Crippen molar-refractivity contribution in [1.29, 1.82) is 0 Å². The van der Waals surface area contributed by atoms with Gasteiger partial charge in [-0.1, -0.05) is 25.1 Å². The molecule has 0 bridgehead atoms. The van der Waals surface area contributed by atoms with E-state index < -0.39 is 40.5 Å². The van der Waals surface area contributed by atoms with Crippen molar-refractivity contribution >= 4 is 17.4 Å². The van der Waals surface area contributed by atoms with Crippen LogP contribution in [0.5, 0.6) is 0 Å². The van der Waals surface area contributed by atoms with E-state index in [0.717, 1.165) is 5.69 Å². The lowest BCUT2D eigenvalue weighted by Gasteiger charge is -2.51. The van der Waals surface area contributed by atoms with E-state index in [2.05, 4.69) is 11.7 Å². The fraction of sp³-hybridized carbons (Fsp3) is 0.444. The molecule has 1 aliphatic heterocycles. The Morgan fingerprint density at radius 1 is 1.24 bits per heavy atom. The number of cyclic esters (lactones) is 1. The molecule has 5 rings (SSSR count). The summed E-state index contributed by atoms with van der Waals surface area (Å²) in [4.78, 5) is 26.7. The molecule has 4 aliphatic rings. The highest BCUT2D eigenvalue weighted by Gasteiger charge is 2.61. The first-order valence-electron chi connectivity index (χ1n) is 11.6. The summed E-state index contributed by atoms with van der Waals surface area (Å²) >= 11 is 0. The van der Waals surface area contributed by atoms with Crippen LogP contribution in [-0.4, -0.2) is 47.9 Å². The average molecular weight is 464 g/mol. The molecule has 5 atom stereocenters. The van der Waals surface area contributed by atoms with E-state index in [-0.39, 0.29) is 23.7 Å². The number of ether oxygens (including phenoxy) is 2. The first kappa shape index (κ1) is 22.9. The van der Waals surface area contributed by atoms with Gasteiger partial charge in [-0.3, -0.25) is 4.79 Å². The minimum Gasteiger partial charge on any atom is -0.504 e. The first-order valence-corrected chi connectivity index (χ1v) is 11.6. The number of carbonyl (C=O) groups excluding carboxylic acids is 2. The van der Waals surface area contributed by atoms with Crippen LogP contribution in [0.15, 0.2) is 64.6 Å². The zero-order valence-electron chi connectivity index (χ0n) is 19.6. The second-order valence-corrected chi connectivity index (χ2v) is 9.97. The highest BCUT2D eigenvalue weighted by molar-refractivity contribution is 6.13. The number of aliphatic hydroxyl groups excluding tert-OH is 2. The van der Waals surface area contributed by atoms with Gasteiger partial charge in [0.25, 0.3) is 0 Å². The molecule has 2 fully saturated rings. The second-order valence-electron chi connectivity index (χ2n) is 9.97. The molecule has 178 valence electrons. The van der Waals surface area contributed by atoms with Crippen molar-refractivity contribution in [3.63, 3.8) is 0 Å². The van der Waals surface area contributed by atoms with Gasteiger partial charge in [-0.15, -0.1) is 0 Å². The normalized spacial score (nSPS) is 36.2. The van der Waals surface area contributed by atoms with Gasteiger partial charge in [0.05, 0.1) is 23.7 Å². The van der Waals surface area contributed by atoms with Gasteiger partial charge < -0.3 is 25.0 Å². The molecule has 34 heavy (non-hydrogen) atoms. The van der Waals surface area contributed by atoms with Crippen molar-refractivity contribution < 1.29 is 29.3 Å². The Morgan fingerprint density at radius 2 is 1.97 bits per heavy atom.